The van der Waals surface area contributed by atoms with Gasteiger partial charge >= 0.3 is 0 Å². The average Bonchev–Trinajstić information content (AvgIpc) is 2.82. The molecular weight excluding hydrogens is 256 g/mol. The standard InChI is InChI=1S/C9H12N6O2S/c10-8-2-1-7(5-11-8)18(16,17)14-4-3-9-12-6-13-15-9/h1-2,5-6,14H,3-4H2,(H2,10,11)(H,12,13,15). The molecule has 0 saturated carbocycles. The molecule has 0 amide bonds. The van der Waals surface area contributed by atoms with Crippen LogP contribution in [0.25, 0.3) is 0 Å². The summed E-state index contributed by atoms with van der Waals surface area (Å²) >= 11 is 0. The molecule has 18 heavy (non-hydrogen) atoms. The topological polar surface area (TPSA) is 127 Å². The molecular formula is C9H12N6O2S. The lowest BCUT2D eigenvalue weighted by Gasteiger charge is -2.05. The summed E-state index contributed by atoms with van der Waals surface area (Å²) in [6.07, 6.45) is 3.02. The van der Waals surface area contributed by atoms with Gasteiger partial charge in [0.05, 0.1) is 0 Å². The third-order valence-electron chi connectivity index (χ3n) is 2.19. The summed E-state index contributed by atoms with van der Waals surface area (Å²) in [5.74, 6) is 0.892. The fourth-order valence-electron chi connectivity index (χ4n) is 1.29. The molecule has 0 atom stereocenters. The van der Waals surface area contributed by atoms with Gasteiger partial charge in [-0.2, -0.15) is 5.10 Å². The van der Waals surface area contributed by atoms with E-state index in [1.807, 2.05) is 0 Å². The van der Waals surface area contributed by atoms with Crippen molar-refractivity contribution in [3.8, 4) is 0 Å². The molecule has 0 aliphatic carbocycles. The summed E-state index contributed by atoms with van der Waals surface area (Å²) in [5, 5.41) is 6.31. The van der Waals surface area contributed by atoms with Crippen LogP contribution in [0.1, 0.15) is 5.82 Å². The van der Waals surface area contributed by atoms with Gasteiger partial charge in [0.2, 0.25) is 10.0 Å². The van der Waals surface area contributed by atoms with E-state index in [9.17, 15) is 8.42 Å². The Labute approximate surface area is 104 Å². The van der Waals surface area contributed by atoms with Crippen LogP contribution < -0.4 is 10.5 Å². The van der Waals surface area contributed by atoms with Crippen LogP contribution in [0.15, 0.2) is 29.6 Å². The smallest absolute Gasteiger partial charge is 0.242 e. The highest BCUT2D eigenvalue weighted by molar-refractivity contribution is 7.89. The Balaban J connectivity index is 1.97. The lowest BCUT2D eigenvalue weighted by atomic mass is 10.4. The maximum atomic E-state index is 11.8. The van der Waals surface area contributed by atoms with E-state index in [4.69, 9.17) is 5.73 Å². The molecule has 2 aromatic heterocycles. The number of nitrogens with one attached hydrogen (secondary N) is 2. The van der Waals surface area contributed by atoms with Gasteiger partial charge in [0.25, 0.3) is 0 Å². The predicted octanol–water partition coefficient (Wildman–Crippen LogP) is -0.697. The summed E-state index contributed by atoms with van der Waals surface area (Å²) in [6.45, 7) is 0.224. The van der Waals surface area contributed by atoms with Crippen molar-refractivity contribution >= 4 is 15.8 Å². The number of anilines is 1. The second-order valence-electron chi connectivity index (χ2n) is 3.50. The minimum Gasteiger partial charge on any atom is -0.384 e. The molecule has 0 bridgehead atoms. The van der Waals surface area contributed by atoms with Crippen LogP contribution in [0.2, 0.25) is 0 Å². The van der Waals surface area contributed by atoms with E-state index in [0.717, 1.165) is 0 Å². The lowest BCUT2D eigenvalue weighted by Crippen LogP contribution is -2.26. The first-order chi connectivity index (χ1) is 8.58. The quantitative estimate of drug-likeness (QED) is 0.658. The predicted molar refractivity (Wildman–Crippen MR) is 63.9 cm³/mol. The highest BCUT2D eigenvalue weighted by atomic mass is 32.2. The first-order valence-electron chi connectivity index (χ1n) is 5.13. The SMILES string of the molecule is Nc1ccc(S(=O)(=O)NCCc2ncn[nH]2)cn1. The van der Waals surface area contributed by atoms with Crippen LogP contribution in [0.3, 0.4) is 0 Å². The monoisotopic (exact) mass is 268 g/mol. The summed E-state index contributed by atoms with van der Waals surface area (Å²) in [7, 11) is -3.56. The van der Waals surface area contributed by atoms with Gasteiger partial charge < -0.3 is 5.73 Å². The van der Waals surface area contributed by atoms with Crippen molar-refractivity contribution in [1.29, 1.82) is 0 Å². The van der Waals surface area contributed by atoms with E-state index in [1.54, 1.807) is 0 Å². The Morgan fingerprint density at radius 2 is 2.17 bits per heavy atom. The molecule has 0 radical (unpaired) electrons. The molecule has 0 aliphatic heterocycles. The van der Waals surface area contributed by atoms with E-state index in [2.05, 4.69) is 24.9 Å². The fourth-order valence-corrected chi connectivity index (χ4v) is 2.27. The zero-order valence-electron chi connectivity index (χ0n) is 9.37. The van der Waals surface area contributed by atoms with Crippen LogP contribution in [-0.4, -0.2) is 35.1 Å². The summed E-state index contributed by atoms with van der Waals surface area (Å²) in [4.78, 5) is 7.70. The molecule has 0 aromatic carbocycles. The van der Waals surface area contributed by atoms with Crippen molar-refractivity contribution in [1.82, 2.24) is 24.9 Å². The minimum atomic E-state index is -3.56. The Morgan fingerprint density at radius 1 is 1.33 bits per heavy atom. The highest BCUT2D eigenvalue weighted by Crippen LogP contribution is 2.08. The molecule has 0 aliphatic rings. The van der Waals surface area contributed by atoms with Gasteiger partial charge in [-0.3, -0.25) is 5.10 Å². The Kier molecular flexibility index (Phi) is 3.53. The number of hydrogen-bond acceptors (Lipinski definition) is 6. The minimum absolute atomic E-state index is 0.0780. The Bertz CT molecular complexity index is 592. The van der Waals surface area contributed by atoms with Crippen LogP contribution in [0.4, 0.5) is 5.82 Å². The Hall–Kier alpha value is -2.00. The number of aromatic nitrogens is 4. The maximum absolute atomic E-state index is 11.8. The number of pyridine rings is 1. The van der Waals surface area contributed by atoms with Crippen molar-refractivity contribution < 1.29 is 8.42 Å². The summed E-state index contributed by atoms with van der Waals surface area (Å²) < 4.78 is 26.1. The normalized spacial score (nSPS) is 11.6. The fraction of sp³-hybridized carbons (Fsp3) is 0.222. The molecule has 0 saturated heterocycles. The molecule has 4 N–H and O–H groups in total. The van der Waals surface area contributed by atoms with Gasteiger partial charge in [0.15, 0.2) is 0 Å². The maximum Gasteiger partial charge on any atom is 0.242 e. The van der Waals surface area contributed by atoms with Crippen LogP contribution in [-0.2, 0) is 16.4 Å². The van der Waals surface area contributed by atoms with Gasteiger partial charge in [-0.1, -0.05) is 0 Å². The molecule has 2 rings (SSSR count). The van der Waals surface area contributed by atoms with Gasteiger partial charge in [0, 0.05) is 19.2 Å². The first-order valence-corrected chi connectivity index (χ1v) is 6.62. The van der Waals surface area contributed by atoms with E-state index >= 15 is 0 Å². The van der Waals surface area contributed by atoms with Gasteiger partial charge in [-0.25, -0.2) is 23.1 Å². The molecule has 2 aromatic rings. The third-order valence-corrected chi connectivity index (χ3v) is 3.63. The second kappa shape index (κ2) is 5.10. The number of hydrogen-bond donors (Lipinski definition) is 3. The van der Waals surface area contributed by atoms with Crippen molar-refractivity contribution in [3.63, 3.8) is 0 Å². The van der Waals surface area contributed by atoms with E-state index in [-0.39, 0.29) is 17.3 Å². The molecule has 0 fully saturated rings. The highest BCUT2D eigenvalue weighted by Gasteiger charge is 2.13. The molecule has 0 unspecified atom stereocenters. The summed E-state index contributed by atoms with van der Waals surface area (Å²) in [6, 6.07) is 2.84. The zero-order valence-corrected chi connectivity index (χ0v) is 10.2. The van der Waals surface area contributed by atoms with Gasteiger partial charge in [-0.05, 0) is 12.1 Å². The van der Waals surface area contributed by atoms with Crippen LogP contribution in [0.5, 0.6) is 0 Å². The van der Waals surface area contributed by atoms with Crippen LogP contribution >= 0.6 is 0 Å². The zero-order chi connectivity index (χ0) is 13.0. The molecule has 8 nitrogen and oxygen atoms in total. The van der Waals surface area contributed by atoms with Crippen LogP contribution in [0, 0.1) is 0 Å². The van der Waals surface area contributed by atoms with E-state index < -0.39 is 10.0 Å². The van der Waals surface area contributed by atoms with E-state index in [1.165, 1.54) is 24.7 Å². The first kappa shape index (κ1) is 12.5. The third kappa shape index (κ3) is 3.02. The van der Waals surface area contributed by atoms with Crippen molar-refractivity contribution in [3.05, 3.63) is 30.5 Å². The van der Waals surface area contributed by atoms with Crippen molar-refractivity contribution in [2.75, 3.05) is 12.3 Å². The number of H-pyrrole nitrogens is 1. The Morgan fingerprint density at radius 3 is 2.78 bits per heavy atom. The van der Waals surface area contributed by atoms with Gasteiger partial charge in [0.1, 0.15) is 22.9 Å². The average molecular weight is 268 g/mol. The molecule has 0 spiro atoms. The number of nitrogens with zero attached hydrogens (tertiary/aromatic N) is 3. The molecule has 9 heteroatoms. The number of nitrogen functional groups attached to an aromatic ring is 1. The number of aromatic amines is 1. The van der Waals surface area contributed by atoms with Crippen molar-refractivity contribution in [2.45, 2.75) is 11.3 Å². The summed E-state index contributed by atoms with van der Waals surface area (Å²) in [5.41, 5.74) is 5.39. The van der Waals surface area contributed by atoms with E-state index in [0.29, 0.717) is 12.2 Å². The molecule has 96 valence electrons. The number of sulfonamides is 1. The van der Waals surface area contributed by atoms with Crippen molar-refractivity contribution in [2.24, 2.45) is 0 Å². The van der Waals surface area contributed by atoms with Gasteiger partial charge in [-0.15, -0.1) is 0 Å². The lowest BCUT2D eigenvalue weighted by molar-refractivity contribution is 0.580. The number of rotatable bonds is 5. The largest absolute Gasteiger partial charge is 0.384 e. The second-order valence-corrected chi connectivity index (χ2v) is 5.27. The molecule has 2 heterocycles. The number of nitrogens with two attached hydrogens (primary N) is 1.